The number of nitrogens with one attached hydrogen (secondary N) is 1. The van der Waals surface area contributed by atoms with Crippen LogP contribution < -0.4 is 10.1 Å². The number of esters is 1. The smallest absolute Gasteiger partial charge is 0.326 e. The number of halogens is 2. The van der Waals surface area contributed by atoms with Crippen LogP contribution in [0.4, 0.5) is 10.5 Å². The predicted molar refractivity (Wildman–Crippen MR) is 138 cm³/mol. The van der Waals surface area contributed by atoms with Crippen LogP contribution in [0.2, 0.25) is 5.02 Å². The molecule has 0 radical (unpaired) electrons. The van der Waals surface area contributed by atoms with E-state index in [0.29, 0.717) is 38.3 Å². The molecule has 0 unspecified atom stereocenters. The Kier molecular flexibility index (Phi) is 8.98. The fourth-order valence-electron chi connectivity index (χ4n) is 2.98. The number of amides is 3. The maximum absolute atomic E-state index is 12.7. The molecule has 184 valence electrons. The molecule has 3 amide bonds. The second-order valence-electron chi connectivity index (χ2n) is 7.79. The molecule has 1 aliphatic heterocycles. The molecule has 1 N–H and O–H groups in total. The first-order valence-corrected chi connectivity index (χ1v) is 12.5. The Labute approximate surface area is 220 Å². The van der Waals surface area contributed by atoms with E-state index in [-0.39, 0.29) is 17.6 Å². The zero-order valence-corrected chi connectivity index (χ0v) is 22.3. The summed E-state index contributed by atoms with van der Waals surface area (Å²) in [6, 6.07) is 10.2. The lowest BCUT2D eigenvalue weighted by atomic mass is 10.2. The van der Waals surface area contributed by atoms with Gasteiger partial charge in [0.2, 0.25) is 0 Å². The minimum absolute atomic E-state index is 0.119. The highest BCUT2D eigenvalue weighted by Gasteiger charge is 2.37. The van der Waals surface area contributed by atoms with Gasteiger partial charge in [-0.1, -0.05) is 33.6 Å². The summed E-state index contributed by atoms with van der Waals surface area (Å²) in [5.74, 6) is -1.35. The fourth-order valence-corrected chi connectivity index (χ4v) is 4.37. The first-order chi connectivity index (χ1) is 16.5. The van der Waals surface area contributed by atoms with Crippen LogP contribution in [0.5, 0.6) is 5.75 Å². The molecular weight excluding hydrogens is 560 g/mol. The minimum atomic E-state index is -0.670. The van der Waals surface area contributed by atoms with Gasteiger partial charge in [-0.2, -0.15) is 0 Å². The molecule has 0 bridgehead atoms. The second-order valence-corrected chi connectivity index (χ2v) is 10.1. The molecule has 0 saturated carbocycles. The number of thioether (sulfide) groups is 1. The number of hydrogen-bond donors (Lipinski definition) is 1. The van der Waals surface area contributed by atoms with E-state index >= 15 is 0 Å². The topological polar surface area (TPSA) is 102 Å². The number of nitrogens with zero attached hydrogens (tertiary/aromatic N) is 1. The van der Waals surface area contributed by atoms with Crippen LogP contribution in [-0.4, -0.2) is 47.2 Å². The van der Waals surface area contributed by atoms with Crippen LogP contribution in [0.1, 0.15) is 25.0 Å². The standard InChI is InChI=1S/C24H22BrClN2O6S/c1-13(2)34-22(30)11-28-23(31)20(35-24(28)32)9-15-8-16(25)5-7-19(15)33-12-21(29)27-17-6-4-14(3)18(26)10-17/h4-10,13H,11-12H2,1-3H3,(H,27,29)/b20-9-. The number of ether oxygens (including phenoxy) is 2. The zero-order chi connectivity index (χ0) is 25.7. The SMILES string of the molecule is Cc1ccc(NC(=O)COc2ccc(Br)cc2/C=C2\SC(=O)N(CC(=O)OC(C)C)C2=O)cc1Cl. The van der Waals surface area contributed by atoms with Crippen molar-refractivity contribution in [2.75, 3.05) is 18.5 Å². The lowest BCUT2D eigenvalue weighted by Gasteiger charge is -2.13. The maximum Gasteiger partial charge on any atom is 0.326 e. The van der Waals surface area contributed by atoms with Crippen LogP contribution in [-0.2, 0) is 19.1 Å². The van der Waals surface area contributed by atoms with Crippen LogP contribution in [0.3, 0.4) is 0 Å². The Balaban J connectivity index is 1.71. The van der Waals surface area contributed by atoms with E-state index in [4.69, 9.17) is 21.1 Å². The van der Waals surface area contributed by atoms with Gasteiger partial charge in [0.15, 0.2) is 6.61 Å². The number of carbonyl (C=O) groups is 4. The molecule has 2 aromatic rings. The number of aryl methyl sites for hydroxylation is 1. The number of anilines is 1. The van der Waals surface area contributed by atoms with Crippen LogP contribution in [0.15, 0.2) is 45.8 Å². The molecular formula is C24H22BrClN2O6S. The summed E-state index contributed by atoms with van der Waals surface area (Å²) in [7, 11) is 0. The van der Waals surface area contributed by atoms with E-state index in [2.05, 4.69) is 21.2 Å². The van der Waals surface area contributed by atoms with Gasteiger partial charge in [-0.3, -0.25) is 24.1 Å². The summed E-state index contributed by atoms with van der Waals surface area (Å²) in [4.78, 5) is 50.3. The Hall–Kier alpha value is -2.82. The number of rotatable bonds is 8. The monoisotopic (exact) mass is 580 g/mol. The fraction of sp³-hybridized carbons (Fsp3) is 0.250. The summed E-state index contributed by atoms with van der Waals surface area (Å²) < 4.78 is 11.4. The van der Waals surface area contributed by atoms with E-state index in [0.717, 1.165) is 10.5 Å². The second kappa shape index (κ2) is 11.7. The third-order valence-electron chi connectivity index (χ3n) is 4.60. The van der Waals surface area contributed by atoms with Gasteiger partial charge in [0.1, 0.15) is 12.3 Å². The molecule has 0 aromatic heterocycles. The van der Waals surface area contributed by atoms with E-state index in [9.17, 15) is 19.2 Å². The Morgan fingerprint density at radius 2 is 1.94 bits per heavy atom. The Morgan fingerprint density at radius 3 is 2.63 bits per heavy atom. The number of imide groups is 1. The molecule has 1 fully saturated rings. The van der Waals surface area contributed by atoms with Gasteiger partial charge in [0.25, 0.3) is 17.1 Å². The van der Waals surface area contributed by atoms with Crippen LogP contribution in [0.25, 0.3) is 6.08 Å². The molecule has 1 saturated heterocycles. The lowest BCUT2D eigenvalue weighted by Crippen LogP contribution is -2.35. The molecule has 0 aliphatic carbocycles. The van der Waals surface area contributed by atoms with Gasteiger partial charge in [-0.15, -0.1) is 0 Å². The van der Waals surface area contributed by atoms with Crippen molar-refractivity contribution in [1.82, 2.24) is 4.90 Å². The molecule has 1 aliphatic rings. The summed E-state index contributed by atoms with van der Waals surface area (Å²) in [5.41, 5.74) is 1.90. The molecule has 3 rings (SSSR count). The molecule has 35 heavy (non-hydrogen) atoms. The molecule has 8 nitrogen and oxygen atoms in total. The molecule has 1 heterocycles. The van der Waals surface area contributed by atoms with Crippen molar-refractivity contribution in [3.8, 4) is 5.75 Å². The predicted octanol–water partition coefficient (Wildman–Crippen LogP) is 5.42. The van der Waals surface area contributed by atoms with Crippen LogP contribution >= 0.6 is 39.3 Å². The van der Waals surface area contributed by atoms with Crippen molar-refractivity contribution in [1.29, 1.82) is 0 Å². The van der Waals surface area contributed by atoms with Crippen molar-refractivity contribution < 1.29 is 28.7 Å². The first kappa shape index (κ1) is 26.8. The van der Waals surface area contributed by atoms with Crippen molar-refractivity contribution in [2.45, 2.75) is 26.9 Å². The first-order valence-electron chi connectivity index (χ1n) is 10.5. The normalized spacial score (nSPS) is 14.6. The average molecular weight is 582 g/mol. The summed E-state index contributed by atoms with van der Waals surface area (Å²) in [5, 5.41) is 2.67. The average Bonchev–Trinajstić information content (AvgIpc) is 3.02. The van der Waals surface area contributed by atoms with Crippen LogP contribution in [0, 0.1) is 6.92 Å². The van der Waals surface area contributed by atoms with Gasteiger partial charge in [-0.25, -0.2) is 0 Å². The largest absolute Gasteiger partial charge is 0.483 e. The van der Waals surface area contributed by atoms with Gasteiger partial charge < -0.3 is 14.8 Å². The van der Waals surface area contributed by atoms with Crippen molar-refractivity contribution >= 4 is 74.1 Å². The highest BCUT2D eigenvalue weighted by Crippen LogP contribution is 2.35. The maximum atomic E-state index is 12.7. The third-order valence-corrected chi connectivity index (χ3v) is 6.41. The van der Waals surface area contributed by atoms with E-state index in [1.807, 2.05) is 6.92 Å². The van der Waals surface area contributed by atoms with Crippen molar-refractivity contribution in [3.05, 3.63) is 61.9 Å². The zero-order valence-electron chi connectivity index (χ0n) is 19.1. The molecule has 2 aromatic carbocycles. The highest BCUT2D eigenvalue weighted by molar-refractivity contribution is 9.10. The summed E-state index contributed by atoms with van der Waals surface area (Å²) in [6.45, 7) is 4.45. The molecule has 0 atom stereocenters. The van der Waals surface area contributed by atoms with Crippen molar-refractivity contribution in [3.63, 3.8) is 0 Å². The highest BCUT2D eigenvalue weighted by atomic mass is 79.9. The third kappa shape index (κ3) is 7.33. The molecule has 0 spiro atoms. The van der Waals surface area contributed by atoms with Gasteiger partial charge in [-0.05, 0) is 74.5 Å². The van der Waals surface area contributed by atoms with Gasteiger partial charge in [0, 0.05) is 20.7 Å². The molecule has 11 heteroatoms. The quantitative estimate of drug-likeness (QED) is 0.328. The van der Waals surface area contributed by atoms with Gasteiger partial charge in [0.05, 0.1) is 11.0 Å². The number of benzene rings is 2. The van der Waals surface area contributed by atoms with Gasteiger partial charge >= 0.3 is 5.97 Å². The summed E-state index contributed by atoms with van der Waals surface area (Å²) in [6.07, 6.45) is 1.12. The summed E-state index contributed by atoms with van der Waals surface area (Å²) >= 11 is 10.2. The Morgan fingerprint density at radius 1 is 1.20 bits per heavy atom. The lowest BCUT2D eigenvalue weighted by molar-refractivity contribution is -0.149. The Bertz CT molecular complexity index is 1220. The van der Waals surface area contributed by atoms with E-state index < -0.39 is 29.6 Å². The number of hydrogen-bond acceptors (Lipinski definition) is 7. The van der Waals surface area contributed by atoms with Crippen molar-refractivity contribution in [2.24, 2.45) is 0 Å². The number of carbonyl (C=O) groups excluding carboxylic acids is 4. The van der Waals surface area contributed by atoms with E-state index in [1.165, 1.54) is 6.08 Å². The minimum Gasteiger partial charge on any atom is -0.483 e. The van der Waals surface area contributed by atoms with E-state index in [1.54, 1.807) is 50.2 Å².